The van der Waals surface area contributed by atoms with Gasteiger partial charge in [-0.1, -0.05) is 11.6 Å². The molecule has 1 heterocycles. The zero-order valence-electron chi connectivity index (χ0n) is 7.56. The monoisotopic (exact) mass is 213 g/mol. The summed E-state index contributed by atoms with van der Waals surface area (Å²) in [5, 5.41) is 4.28. The number of rotatable bonds is 0. The third-order valence-electron chi connectivity index (χ3n) is 2.22. The van der Waals surface area contributed by atoms with E-state index in [2.05, 4.69) is 18.3 Å². The molecule has 0 bridgehead atoms. The molecule has 1 aromatic carbocycles. The molecule has 1 nitrogen and oxygen atoms in total. The Kier molecular flexibility index (Phi) is 2.70. The van der Waals surface area contributed by atoms with Crippen LogP contribution in [0.25, 0.3) is 0 Å². The molecule has 0 saturated heterocycles. The lowest BCUT2D eigenvalue weighted by Gasteiger charge is -2.10. The molecule has 0 saturated carbocycles. The molecule has 1 N–H and O–H groups in total. The third-order valence-corrected chi connectivity index (χ3v) is 3.94. The fourth-order valence-corrected chi connectivity index (χ4v) is 2.79. The molecule has 0 spiro atoms. The molecule has 0 radical (unpaired) electrons. The van der Waals surface area contributed by atoms with Crippen LogP contribution in [-0.2, 0) is 0 Å². The van der Waals surface area contributed by atoms with Crippen molar-refractivity contribution >= 4 is 29.1 Å². The lowest BCUT2D eigenvalue weighted by molar-refractivity contribution is 0.999. The minimum Gasteiger partial charge on any atom is -0.384 e. The molecule has 0 aromatic heterocycles. The van der Waals surface area contributed by atoms with Gasteiger partial charge in [-0.2, -0.15) is 0 Å². The average Bonchev–Trinajstić information content (AvgIpc) is 2.36. The first kappa shape index (κ1) is 9.22. The molecule has 3 heteroatoms. The van der Waals surface area contributed by atoms with Gasteiger partial charge in [0.05, 0.1) is 0 Å². The molecule has 0 amide bonds. The second-order valence-electron chi connectivity index (χ2n) is 3.18. The maximum Gasteiger partial charge on any atom is 0.0482 e. The number of hydrogen-bond acceptors (Lipinski definition) is 2. The molecule has 13 heavy (non-hydrogen) atoms. The van der Waals surface area contributed by atoms with Gasteiger partial charge in [0.25, 0.3) is 0 Å². The van der Waals surface area contributed by atoms with E-state index in [0.717, 1.165) is 11.6 Å². The van der Waals surface area contributed by atoms with Crippen LogP contribution in [0.5, 0.6) is 0 Å². The maximum absolute atomic E-state index is 6.06. The molecule has 1 aromatic rings. The van der Waals surface area contributed by atoms with E-state index in [0.29, 0.717) is 0 Å². The molecule has 1 aliphatic rings. The summed E-state index contributed by atoms with van der Waals surface area (Å²) in [5.41, 5.74) is 2.45. The minimum absolute atomic E-state index is 0.870. The van der Waals surface area contributed by atoms with Gasteiger partial charge < -0.3 is 5.32 Å². The van der Waals surface area contributed by atoms with E-state index in [4.69, 9.17) is 11.6 Å². The van der Waals surface area contributed by atoms with E-state index in [1.54, 1.807) is 0 Å². The normalized spacial score (nSPS) is 15.8. The number of hydrogen-bond donors (Lipinski definition) is 1. The minimum atomic E-state index is 0.870. The SMILES string of the molecule is Cc1c(Cl)ccc2c1SCCCN2. The van der Waals surface area contributed by atoms with Crippen molar-refractivity contribution in [2.75, 3.05) is 17.6 Å². The molecule has 0 fully saturated rings. The van der Waals surface area contributed by atoms with Crippen LogP contribution in [0.4, 0.5) is 5.69 Å². The van der Waals surface area contributed by atoms with Crippen molar-refractivity contribution in [3.8, 4) is 0 Å². The van der Waals surface area contributed by atoms with E-state index < -0.39 is 0 Å². The van der Waals surface area contributed by atoms with Crippen molar-refractivity contribution in [1.29, 1.82) is 0 Å². The molecule has 1 aliphatic heterocycles. The van der Waals surface area contributed by atoms with Crippen LogP contribution in [-0.4, -0.2) is 12.3 Å². The maximum atomic E-state index is 6.06. The van der Waals surface area contributed by atoms with E-state index in [1.807, 2.05) is 17.8 Å². The summed E-state index contributed by atoms with van der Waals surface area (Å²) < 4.78 is 0. The zero-order chi connectivity index (χ0) is 9.26. The highest BCUT2D eigenvalue weighted by atomic mass is 35.5. The van der Waals surface area contributed by atoms with Gasteiger partial charge >= 0.3 is 0 Å². The standard InChI is InChI=1S/C10H12ClNS/c1-7-8(11)3-4-9-10(7)13-6-2-5-12-9/h3-4,12H,2,5-6H2,1H3. The topological polar surface area (TPSA) is 12.0 Å². The Morgan fingerprint density at radius 1 is 1.46 bits per heavy atom. The third kappa shape index (κ3) is 1.79. The highest BCUT2D eigenvalue weighted by Crippen LogP contribution is 2.36. The summed E-state index contributed by atoms with van der Waals surface area (Å²) in [7, 11) is 0. The van der Waals surface area contributed by atoms with Crippen LogP contribution >= 0.6 is 23.4 Å². The number of nitrogens with one attached hydrogen (secondary N) is 1. The lowest BCUT2D eigenvalue weighted by Crippen LogP contribution is -2.00. The molecule has 0 aliphatic carbocycles. The van der Waals surface area contributed by atoms with Gasteiger partial charge in [0.1, 0.15) is 0 Å². The van der Waals surface area contributed by atoms with Crippen molar-refractivity contribution in [3.05, 3.63) is 22.7 Å². The summed E-state index contributed by atoms with van der Waals surface area (Å²) in [6.07, 6.45) is 1.22. The predicted octanol–water partition coefficient (Wildman–Crippen LogP) is 3.56. The zero-order valence-corrected chi connectivity index (χ0v) is 9.13. The van der Waals surface area contributed by atoms with Crippen LogP contribution in [0.1, 0.15) is 12.0 Å². The second-order valence-corrected chi connectivity index (χ2v) is 4.69. The number of halogens is 1. The first-order valence-electron chi connectivity index (χ1n) is 4.45. The van der Waals surface area contributed by atoms with Crippen LogP contribution in [0, 0.1) is 6.92 Å². The molecular weight excluding hydrogens is 202 g/mol. The van der Waals surface area contributed by atoms with Crippen LogP contribution in [0.15, 0.2) is 17.0 Å². The fraction of sp³-hybridized carbons (Fsp3) is 0.400. The summed E-state index contributed by atoms with van der Waals surface area (Å²) >= 11 is 7.96. The first-order valence-corrected chi connectivity index (χ1v) is 5.81. The van der Waals surface area contributed by atoms with Gasteiger partial charge in [0.2, 0.25) is 0 Å². The van der Waals surface area contributed by atoms with E-state index >= 15 is 0 Å². The van der Waals surface area contributed by atoms with Crippen molar-refractivity contribution in [1.82, 2.24) is 0 Å². The van der Waals surface area contributed by atoms with Gasteiger partial charge in [-0.3, -0.25) is 0 Å². The van der Waals surface area contributed by atoms with E-state index in [-0.39, 0.29) is 0 Å². The Morgan fingerprint density at radius 3 is 3.15 bits per heavy atom. The van der Waals surface area contributed by atoms with Gasteiger partial charge in [-0.25, -0.2) is 0 Å². The van der Waals surface area contributed by atoms with Crippen molar-refractivity contribution in [2.24, 2.45) is 0 Å². The van der Waals surface area contributed by atoms with Crippen molar-refractivity contribution in [2.45, 2.75) is 18.2 Å². The van der Waals surface area contributed by atoms with E-state index in [1.165, 1.54) is 28.3 Å². The van der Waals surface area contributed by atoms with Crippen LogP contribution in [0.3, 0.4) is 0 Å². The Bertz CT molecular complexity index is 325. The first-order chi connectivity index (χ1) is 6.29. The van der Waals surface area contributed by atoms with Gasteiger partial charge in [-0.05, 0) is 36.8 Å². The fourth-order valence-electron chi connectivity index (χ4n) is 1.46. The van der Waals surface area contributed by atoms with Crippen molar-refractivity contribution in [3.63, 3.8) is 0 Å². The van der Waals surface area contributed by atoms with Gasteiger partial charge in [-0.15, -0.1) is 11.8 Å². The van der Waals surface area contributed by atoms with Gasteiger partial charge in [0, 0.05) is 22.2 Å². The Labute approximate surface area is 87.9 Å². The molecule has 0 atom stereocenters. The summed E-state index contributed by atoms with van der Waals surface area (Å²) in [5.74, 6) is 1.18. The number of anilines is 1. The predicted molar refractivity (Wildman–Crippen MR) is 60.0 cm³/mol. The Morgan fingerprint density at radius 2 is 2.31 bits per heavy atom. The highest BCUT2D eigenvalue weighted by Gasteiger charge is 2.11. The molecule has 70 valence electrons. The number of benzene rings is 1. The molecule has 2 rings (SSSR count). The lowest BCUT2D eigenvalue weighted by atomic mass is 10.2. The second kappa shape index (κ2) is 3.81. The largest absolute Gasteiger partial charge is 0.384 e. The summed E-state index contributed by atoms with van der Waals surface area (Å²) in [6.45, 7) is 3.15. The summed E-state index contributed by atoms with van der Waals surface area (Å²) in [4.78, 5) is 1.32. The molecule has 0 unspecified atom stereocenters. The smallest absolute Gasteiger partial charge is 0.0482 e. The van der Waals surface area contributed by atoms with Gasteiger partial charge in [0.15, 0.2) is 0 Å². The summed E-state index contributed by atoms with van der Waals surface area (Å²) in [6, 6.07) is 4.04. The van der Waals surface area contributed by atoms with Crippen molar-refractivity contribution < 1.29 is 0 Å². The Hall–Kier alpha value is -0.340. The van der Waals surface area contributed by atoms with Crippen LogP contribution < -0.4 is 5.32 Å². The van der Waals surface area contributed by atoms with E-state index in [9.17, 15) is 0 Å². The Balaban J connectivity index is 2.48. The molecular formula is C10H12ClNS. The number of thioether (sulfide) groups is 1. The average molecular weight is 214 g/mol. The highest BCUT2D eigenvalue weighted by molar-refractivity contribution is 7.99. The number of fused-ring (bicyclic) bond motifs is 1. The quantitative estimate of drug-likeness (QED) is 0.708. The van der Waals surface area contributed by atoms with Crippen LogP contribution in [0.2, 0.25) is 5.02 Å².